The summed E-state index contributed by atoms with van der Waals surface area (Å²) >= 11 is 0. The molecule has 1 N–H and O–H groups in total. The molecule has 2 heteroatoms. The molecule has 15 heavy (non-hydrogen) atoms. The van der Waals surface area contributed by atoms with Crippen molar-refractivity contribution in [1.82, 2.24) is 0 Å². The first kappa shape index (κ1) is 12.5. The van der Waals surface area contributed by atoms with Crippen molar-refractivity contribution in [2.24, 2.45) is 0 Å². The van der Waals surface area contributed by atoms with E-state index in [1.807, 2.05) is 24.7 Å². The van der Waals surface area contributed by atoms with Gasteiger partial charge in [-0.25, -0.2) is 0 Å². The van der Waals surface area contributed by atoms with Gasteiger partial charge in [0.1, 0.15) is 0 Å². The molecule has 0 bridgehead atoms. The molecule has 0 saturated carbocycles. The largest absolute Gasteiger partial charge is 0.428 e. The van der Waals surface area contributed by atoms with Crippen molar-refractivity contribution in [3.05, 3.63) is 30.3 Å². The second kappa shape index (κ2) is 6.08. The molecule has 0 aromatic heterocycles. The van der Waals surface area contributed by atoms with E-state index < -0.39 is 8.32 Å². The monoisotopic (exact) mass is 222 g/mol. The molecular formula is C13H22OSi. The zero-order chi connectivity index (χ0) is 11.1. The molecular weight excluding hydrogens is 200 g/mol. The predicted molar refractivity (Wildman–Crippen MR) is 68.9 cm³/mol. The lowest BCUT2D eigenvalue weighted by Gasteiger charge is -2.20. The van der Waals surface area contributed by atoms with Gasteiger partial charge in [-0.3, -0.25) is 0 Å². The Hall–Kier alpha value is -0.603. The topological polar surface area (TPSA) is 20.2 Å². The molecule has 0 radical (unpaired) electrons. The first-order valence-corrected chi connectivity index (χ1v) is 8.60. The maximum atomic E-state index is 10.4. The van der Waals surface area contributed by atoms with Crippen LogP contribution >= 0.6 is 0 Å². The van der Waals surface area contributed by atoms with Gasteiger partial charge in [0, 0.05) is 0 Å². The molecule has 0 amide bonds. The zero-order valence-corrected chi connectivity index (χ0v) is 10.9. The van der Waals surface area contributed by atoms with E-state index >= 15 is 0 Å². The van der Waals surface area contributed by atoms with Crippen LogP contribution in [0.15, 0.2) is 30.3 Å². The molecule has 1 unspecified atom stereocenters. The Morgan fingerprint density at radius 1 is 1.07 bits per heavy atom. The first-order chi connectivity index (χ1) is 7.17. The first-order valence-electron chi connectivity index (χ1n) is 5.94. The second-order valence-electron chi connectivity index (χ2n) is 4.45. The molecule has 1 atom stereocenters. The number of rotatable bonds is 6. The van der Waals surface area contributed by atoms with Crippen LogP contribution in [0.25, 0.3) is 0 Å². The predicted octanol–water partition coefficient (Wildman–Crippen LogP) is 3.04. The third-order valence-electron chi connectivity index (χ3n) is 2.91. The molecule has 0 heterocycles. The Kier molecular flexibility index (Phi) is 5.06. The summed E-state index contributed by atoms with van der Waals surface area (Å²) in [6, 6.07) is 11.2. The Balaban J connectivity index is 2.45. The van der Waals surface area contributed by atoms with Gasteiger partial charge in [0.25, 0.3) is 0 Å². The van der Waals surface area contributed by atoms with Crippen LogP contribution in [-0.4, -0.2) is 13.1 Å². The van der Waals surface area contributed by atoms with Gasteiger partial charge >= 0.3 is 0 Å². The lowest BCUT2D eigenvalue weighted by atomic mass is 10.2. The Bertz CT molecular complexity index is 269. The summed E-state index contributed by atoms with van der Waals surface area (Å²) in [5, 5.41) is 1.17. The highest BCUT2D eigenvalue weighted by molar-refractivity contribution is 6.84. The van der Waals surface area contributed by atoms with E-state index in [1.54, 1.807) is 0 Å². The minimum absolute atomic E-state index is 0.997. The van der Waals surface area contributed by atoms with E-state index in [0.29, 0.717) is 0 Å². The third-order valence-corrected chi connectivity index (χ3v) is 5.82. The van der Waals surface area contributed by atoms with Gasteiger partial charge in [-0.05, 0) is 17.8 Å². The quantitative estimate of drug-likeness (QED) is 0.579. The van der Waals surface area contributed by atoms with Crippen molar-refractivity contribution in [3.63, 3.8) is 0 Å². The average Bonchev–Trinajstić information content (AvgIpc) is 2.26. The summed E-state index contributed by atoms with van der Waals surface area (Å²) in [5.74, 6) is 0. The molecule has 0 spiro atoms. The standard InChI is InChI=1S/C13H22OSi/c1-3-4-5-9-12-15(2,14)13-10-7-6-8-11-13/h6-8,10-11,14H,3-5,9,12H2,1-2H3. The minimum atomic E-state index is -2.13. The normalized spacial score (nSPS) is 14.9. The maximum absolute atomic E-state index is 10.4. The average molecular weight is 222 g/mol. The number of benzene rings is 1. The molecule has 1 nitrogen and oxygen atoms in total. The minimum Gasteiger partial charge on any atom is -0.428 e. The maximum Gasteiger partial charge on any atom is 0.216 e. The molecule has 0 aliphatic carbocycles. The van der Waals surface area contributed by atoms with Crippen LogP contribution in [0.1, 0.15) is 32.6 Å². The van der Waals surface area contributed by atoms with Gasteiger partial charge in [-0.15, -0.1) is 0 Å². The summed E-state index contributed by atoms with van der Waals surface area (Å²) in [5.41, 5.74) is 0. The highest BCUT2D eigenvalue weighted by atomic mass is 28.4. The van der Waals surface area contributed by atoms with Gasteiger partial charge in [0.2, 0.25) is 8.32 Å². The zero-order valence-electron chi connectivity index (χ0n) is 9.87. The molecule has 1 rings (SSSR count). The second-order valence-corrected chi connectivity index (χ2v) is 8.08. The van der Waals surface area contributed by atoms with E-state index in [0.717, 1.165) is 6.04 Å². The van der Waals surface area contributed by atoms with Crippen molar-refractivity contribution in [2.75, 3.05) is 0 Å². The lowest BCUT2D eigenvalue weighted by Crippen LogP contribution is -2.44. The van der Waals surface area contributed by atoms with Crippen molar-refractivity contribution in [2.45, 2.75) is 45.2 Å². The van der Waals surface area contributed by atoms with Crippen LogP contribution in [0.3, 0.4) is 0 Å². The molecule has 1 aromatic carbocycles. The molecule has 0 saturated heterocycles. The smallest absolute Gasteiger partial charge is 0.216 e. The Labute approximate surface area is 94.3 Å². The summed E-state index contributed by atoms with van der Waals surface area (Å²) in [4.78, 5) is 10.4. The van der Waals surface area contributed by atoms with Crippen LogP contribution < -0.4 is 5.19 Å². The summed E-state index contributed by atoms with van der Waals surface area (Å²) < 4.78 is 0. The fourth-order valence-electron chi connectivity index (χ4n) is 1.84. The van der Waals surface area contributed by atoms with E-state index in [4.69, 9.17) is 0 Å². The Morgan fingerprint density at radius 3 is 2.33 bits per heavy atom. The van der Waals surface area contributed by atoms with Crippen LogP contribution in [-0.2, 0) is 0 Å². The SMILES string of the molecule is CCCCCC[Si](C)(O)c1ccccc1. The van der Waals surface area contributed by atoms with E-state index in [2.05, 4.69) is 19.1 Å². The summed E-state index contributed by atoms with van der Waals surface area (Å²) in [7, 11) is -2.13. The summed E-state index contributed by atoms with van der Waals surface area (Å²) in [6.45, 7) is 4.26. The van der Waals surface area contributed by atoms with E-state index in [9.17, 15) is 4.80 Å². The number of unbranched alkanes of at least 4 members (excludes halogenated alkanes) is 3. The van der Waals surface area contributed by atoms with Crippen molar-refractivity contribution in [3.8, 4) is 0 Å². The van der Waals surface area contributed by atoms with Gasteiger partial charge in [-0.2, -0.15) is 0 Å². The van der Waals surface area contributed by atoms with Gasteiger partial charge in [0.15, 0.2) is 0 Å². The highest BCUT2D eigenvalue weighted by Gasteiger charge is 2.25. The third kappa shape index (κ3) is 4.18. The molecule has 0 aliphatic heterocycles. The van der Waals surface area contributed by atoms with Crippen LogP contribution in [0.2, 0.25) is 12.6 Å². The fraction of sp³-hybridized carbons (Fsp3) is 0.538. The van der Waals surface area contributed by atoms with Gasteiger partial charge < -0.3 is 4.80 Å². The molecule has 0 fully saturated rings. The van der Waals surface area contributed by atoms with Crippen LogP contribution in [0.5, 0.6) is 0 Å². The van der Waals surface area contributed by atoms with E-state index in [1.165, 1.54) is 30.9 Å². The number of hydrogen-bond donors (Lipinski definition) is 1. The van der Waals surface area contributed by atoms with Gasteiger partial charge in [-0.1, -0.05) is 62.9 Å². The Morgan fingerprint density at radius 2 is 1.73 bits per heavy atom. The van der Waals surface area contributed by atoms with Crippen molar-refractivity contribution >= 4 is 13.5 Å². The van der Waals surface area contributed by atoms with Crippen LogP contribution in [0.4, 0.5) is 0 Å². The van der Waals surface area contributed by atoms with Crippen LogP contribution in [0, 0.1) is 0 Å². The van der Waals surface area contributed by atoms with Gasteiger partial charge in [0.05, 0.1) is 0 Å². The van der Waals surface area contributed by atoms with Crippen molar-refractivity contribution < 1.29 is 4.80 Å². The molecule has 0 aliphatic rings. The molecule has 1 aromatic rings. The fourth-order valence-corrected chi connectivity index (χ4v) is 3.98. The highest BCUT2D eigenvalue weighted by Crippen LogP contribution is 2.12. The number of hydrogen-bond acceptors (Lipinski definition) is 1. The molecule has 84 valence electrons. The lowest BCUT2D eigenvalue weighted by molar-refractivity contribution is 0.546. The van der Waals surface area contributed by atoms with E-state index in [-0.39, 0.29) is 0 Å². The van der Waals surface area contributed by atoms with Crippen molar-refractivity contribution in [1.29, 1.82) is 0 Å². The summed E-state index contributed by atoms with van der Waals surface area (Å²) in [6.07, 6.45) is 4.97.